The van der Waals surface area contributed by atoms with Gasteiger partial charge in [0.25, 0.3) is 5.91 Å². The van der Waals surface area contributed by atoms with Gasteiger partial charge in [-0.1, -0.05) is 30.3 Å². The number of nitrogens with one attached hydrogen (secondary N) is 2. The van der Waals surface area contributed by atoms with Crippen LogP contribution in [0.5, 0.6) is 0 Å². The Hall–Kier alpha value is -3.16. The first-order valence-corrected chi connectivity index (χ1v) is 13.6. The Bertz CT molecular complexity index is 1340. The third kappa shape index (κ3) is 4.58. The third-order valence-corrected chi connectivity index (χ3v) is 8.82. The highest BCUT2D eigenvalue weighted by Gasteiger charge is 2.42. The predicted molar refractivity (Wildman–Crippen MR) is 143 cm³/mol. The van der Waals surface area contributed by atoms with E-state index in [2.05, 4.69) is 40.7 Å². The van der Waals surface area contributed by atoms with Crippen LogP contribution in [0.25, 0.3) is 0 Å². The van der Waals surface area contributed by atoms with E-state index in [0.29, 0.717) is 17.7 Å². The maximum Gasteiger partial charge on any atom is 0.254 e. The van der Waals surface area contributed by atoms with Gasteiger partial charge in [-0.15, -0.1) is 23.1 Å². The normalized spacial score (nSPS) is 19.9. The molecule has 3 heterocycles. The van der Waals surface area contributed by atoms with E-state index in [1.807, 2.05) is 37.4 Å². The number of hydrogen-bond donors (Lipinski definition) is 2. The summed E-state index contributed by atoms with van der Waals surface area (Å²) < 4.78 is 1.14. The van der Waals surface area contributed by atoms with Gasteiger partial charge in [0.05, 0.1) is 16.1 Å². The molecule has 0 bridgehead atoms. The lowest BCUT2D eigenvalue weighted by Gasteiger charge is -2.37. The van der Waals surface area contributed by atoms with Crippen molar-refractivity contribution in [1.29, 1.82) is 0 Å². The Kier molecular flexibility index (Phi) is 6.62. The molecule has 0 saturated heterocycles. The molecule has 35 heavy (non-hydrogen) atoms. The van der Waals surface area contributed by atoms with Crippen molar-refractivity contribution in [2.24, 2.45) is 0 Å². The highest BCUT2D eigenvalue weighted by Crippen LogP contribution is 2.49. The van der Waals surface area contributed by atoms with Crippen LogP contribution >= 0.6 is 23.1 Å². The Morgan fingerprint density at radius 3 is 2.66 bits per heavy atom. The molecule has 0 unspecified atom stereocenters. The number of allylic oxidation sites excluding steroid dienone is 3. The first-order valence-electron chi connectivity index (χ1n) is 11.6. The van der Waals surface area contributed by atoms with Crippen molar-refractivity contribution in [3.63, 3.8) is 0 Å². The van der Waals surface area contributed by atoms with Crippen molar-refractivity contribution in [1.82, 2.24) is 10.3 Å². The first-order chi connectivity index (χ1) is 17.0. The molecule has 178 valence electrons. The number of ketones is 1. The predicted octanol–water partition coefficient (Wildman–Crippen LogP) is 6.17. The largest absolute Gasteiger partial charge is 0.362 e. The number of nitrogens with zero attached hydrogens (tertiary/aromatic N) is 1. The van der Waals surface area contributed by atoms with Gasteiger partial charge in [0.2, 0.25) is 0 Å². The van der Waals surface area contributed by atoms with E-state index in [-0.39, 0.29) is 17.6 Å². The number of pyridine rings is 1. The van der Waals surface area contributed by atoms with Gasteiger partial charge in [-0.2, -0.15) is 0 Å². The van der Waals surface area contributed by atoms with Crippen molar-refractivity contribution in [2.75, 3.05) is 11.6 Å². The summed E-state index contributed by atoms with van der Waals surface area (Å²) in [6, 6.07) is 16.0. The fraction of sp³-hybridized carbons (Fsp3) is 0.250. The number of anilines is 1. The van der Waals surface area contributed by atoms with Crippen molar-refractivity contribution in [3.8, 4) is 0 Å². The molecule has 0 saturated carbocycles. The zero-order chi connectivity index (χ0) is 24.5. The molecule has 7 heteroatoms. The number of dihydropyridines is 1. The number of thioether (sulfide) groups is 1. The number of aryl methyl sites for hydroxylation is 1. The molecule has 0 radical (unpaired) electrons. The minimum absolute atomic E-state index is 0.104. The number of Topliss-reactive ketones (excluding diaryl/α,β-unsaturated/α-hetero) is 1. The molecule has 1 aliphatic carbocycles. The van der Waals surface area contributed by atoms with Crippen LogP contribution in [0.15, 0.2) is 87.7 Å². The fourth-order valence-corrected chi connectivity index (χ4v) is 7.03. The summed E-state index contributed by atoms with van der Waals surface area (Å²) in [5, 5.41) is 6.46. The second kappa shape index (κ2) is 9.84. The van der Waals surface area contributed by atoms with Crippen LogP contribution in [0.1, 0.15) is 47.6 Å². The van der Waals surface area contributed by atoms with Crippen LogP contribution < -0.4 is 10.6 Å². The van der Waals surface area contributed by atoms with Gasteiger partial charge in [0.1, 0.15) is 0 Å². The van der Waals surface area contributed by atoms with Gasteiger partial charge >= 0.3 is 0 Å². The van der Waals surface area contributed by atoms with E-state index in [4.69, 9.17) is 0 Å². The number of rotatable bonds is 5. The molecule has 2 aliphatic rings. The Morgan fingerprint density at radius 2 is 1.94 bits per heavy atom. The van der Waals surface area contributed by atoms with Crippen LogP contribution in [-0.2, 0) is 9.59 Å². The minimum atomic E-state index is -0.403. The van der Waals surface area contributed by atoms with E-state index in [0.717, 1.165) is 33.2 Å². The van der Waals surface area contributed by atoms with Crippen molar-refractivity contribution < 1.29 is 9.59 Å². The van der Waals surface area contributed by atoms with Gasteiger partial charge in [-0.05, 0) is 61.8 Å². The SMILES string of the molecule is CSc1sc(C)cc1[C@@H]1C(C(=O)Nc2cccnc2)=C(C)NC2=C1C(=O)C[C@@H](c1ccccc1)C2. The number of hydrogen-bond acceptors (Lipinski definition) is 6. The zero-order valence-corrected chi connectivity index (χ0v) is 21.6. The fourth-order valence-electron chi connectivity index (χ4n) is 5.12. The number of aromatic nitrogens is 1. The molecule has 2 aromatic heterocycles. The molecule has 3 aromatic rings. The second-order valence-corrected chi connectivity index (χ2v) is 11.3. The molecule has 1 aliphatic heterocycles. The number of benzene rings is 1. The second-order valence-electron chi connectivity index (χ2n) is 8.93. The van der Waals surface area contributed by atoms with Gasteiger partial charge in [-0.3, -0.25) is 14.6 Å². The van der Waals surface area contributed by atoms with Crippen LogP contribution in [-0.4, -0.2) is 22.9 Å². The molecule has 2 atom stereocenters. The molecule has 0 fully saturated rings. The Labute approximate surface area is 213 Å². The van der Waals surface area contributed by atoms with E-state index in [9.17, 15) is 9.59 Å². The quantitative estimate of drug-likeness (QED) is 0.409. The smallest absolute Gasteiger partial charge is 0.254 e. The number of carbonyl (C=O) groups is 2. The number of carbonyl (C=O) groups excluding carboxylic acids is 2. The summed E-state index contributed by atoms with van der Waals surface area (Å²) in [5.74, 6) is -0.390. The van der Waals surface area contributed by atoms with E-state index < -0.39 is 5.92 Å². The number of amides is 1. The lowest BCUT2D eigenvalue weighted by molar-refractivity contribution is -0.116. The van der Waals surface area contributed by atoms with Gasteiger partial charge in [0, 0.05) is 46.0 Å². The Morgan fingerprint density at radius 1 is 1.14 bits per heavy atom. The summed E-state index contributed by atoms with van der Waals surface area (Å²) in [4.78, 5) is 32.7. The maximum absolute atomic E-state index is 13.8. The van der Waals surface area contributed by atoms with Crippen LogP contribution in [0, 0.1) is 6.92 Å². The average Bonchev–Trinajstić information content (AvgIpc) is 3.24. The zero-order valence-electron chi connectivity index (χ0n) is 19.9. The Balaban J connectivity index is 1.60. The number of thiophene rings is 1. The highest BCUT2D eigenvalue weighted by molar-refractivity contribution is 8.00. The first kappa shape index (κ1) is 23.6. The van der Waals surface area contributed by atoms with E-state index in [1.54, 1.807) is 41.6 Å². The highest BCUT2D eigenvalue weighted by atomic mass is 32.2. The lowest BCUT2D eigenvalue weighted by atomic mass is 9.72. The maximum atomic E-state index is 13.8. The monoisotopic (exact) mass is 501 g/mol. The molecule has 2 N–H and O–H groups in total. The molecular weight excluding hydrogens is 474 g/mol. The van der Waals surface area contributed by atoms with Gasteiger partial charge in [-0.25, -0.2) is 0 Å². The summed E-state index contributed by atoms with van der Waals surface area (Å²) in [7, 11) is 0. The van der Waals surface area contributed by atoms with Gasteiger partial charge < -0.3 is 10.6 Å². The minimum Gasteiger partial charge on any atom is -0.362 e. The van der Waals surface area contributed by atoms with E-state index in [1.165, 1.54) is 10.4 Å². The topological polar surface area (TPSA) is 71.1 Å². The molecule has 5 rings (SSSR count). The summed E-state index contributed by atoms with van der Waals surface area (Å²) >= 11 is 3.38. The van der Waals surface area contributed by atoms with E-state index >= 15 is 0 Å². The van der Waals surface area contributed by atoms with Crippen molar-refractivity contribution >= 4 is 40.5 Å². The van der Waals surface area contributed by atoms with Crippen LogP contribution in [0.4, 0.5) is 5.69 Å². The standard InChI is InChI=1S/C28H27N3O2S2/c1-16-12-21(28(34-3)35-16)25-24(27(33)31-20-10-7-11-29-15-20)17(2)30-22-13-19(14-23(32)26(22)25)18-8-5-4-6-9-18/h4-12,15,19,25,30H,13-14H2,1-3H3,(H,31,33)/t19-,25+/m0/s1. The molecular formula is C28H27N3O2S2. The molecule has 1 aromatic carbocycles. The van der Waals surface area contributed by atoms with Crippen LogP contribution in [0.2, 0.25) is 0 Å². The van der Waals surface area contributed by atoms with Crippen LogP contribution in [0.3, 0.4) is 0 Å². The molecule has 5 nitrogen and oxygen atoms in total. The lowest BCUT2D eigenvalue weighted by Crippen LogP contribution is -2.37. The average molecular weight is 502 g/mol. The van der Waals surface area contributed by atoms with Gasteiger partial charge in [0.15, 0.2) is 5.78 Å². The van der Waals surface area contributed by atoms with Crippen molar-refractivity contribution in [3.05, 3.63) is 99.5 Å². The van der Waals surface area contributed by atoms with Crippen molar-refractivity contribution in [2.45, 2.75) is 42.7 Å². The summed E-state index contributed by atoms with van der Waals surface area (Å²) in [5.41, 5.74) is 5.88. The summed E-state index contributed by atoms with van der Waals surface area (Å²) in [6.07, 6.45) is 6.53. The molecule has 0 spiro atoms. The molecule has 1 amide bonds. The third-order valence-electron chi connectivity index (χ3n) is 6.61. The summed E-state index contributed by atoms with van der Waals surface area (Å²) in [6.45, 7) is 4.01.